The third kappa shape index (κ3) is 5.25. The Bertz CT molecular complexity index is 474. The Kier molecular flexibility index (Phi) is 6.58. The second-order valence-electron chi connectivity index (χ2n) is 5.00. The minimum atomic E-state index is -0.833. The summed E-state index contributed by atoms with van der Waals surface area (Å²) in [4.78, 5) is 23.7. The van der Waals surface area contributed by atoms with Crippen LogP contribution in [0.15, 0.2) is 29.2 Å². The fourth-order valence-corrected chi connectivity index (χ4v) is 2.68. The van der Waals surface area contributed by atoms with Gasteiger partial charge in [0.05, 0.1) is 5.69 Å². The molecule has 0 fully saturated rings. The Hall–Kier alpha value is -1.49. The molecule has 4 nitrogen and oxygen atoms in total. The maximum atomic E-state index is 11.8. The van der Waals surface area contributed by atoms with E-state index in [4.69, 9.17) is 5.11 Å². The van der Waals surface area contributed by atoms with Gasteiger partial charge in [0, 0.05) is 11.3 Å². The molecular weight excluding hydrogens is 274 g/mol. The number of aliphatic carboxylic acids is 1. The van der Waals surface area contributed by atoms with E-state index in [0.29, 0.717) is 18.5 Å². The highest BCUT2D eigenvalue weighted by atomic mass is 32.2. The number of amides is 1. The molecule has 1 atom stereocenters. The summed E-state index contributed by atoms with van der Waals surface area (Å²) in [5.74, 6) is -0.588. The largest absolute Gasteiger partial charge is 0.480 e. The number of nitrogens with one attached hydrogen (secondary N) is 1. The highest BCUT2D eigenvalue weighted by Crippen LogP contribution is 2.32. The molecule has 0 heterocycles. The van der Waals surface area contributed by atoms with Crippen LogP contribution in [0, 0.1) is 5.92 Å². The second kappa shape index (κ2) is 7.94. The smallest absolute Gasteiger partial charge is 0.316 e. The summed E-state index contributed by atoms with van der Waals surface area (Å²) in [6.45, 7) is 5.81. The highest BCUT2D eigenvalue weighted by molar-refractivity contribution is 8.00. The third-order valence-corrected chi connectivity index (χ3v) is 4.10. The summed E-state index contributed by atoms with van der Waals surface area (Å²) in [5, 5.41) is 11.5. The summed E-state index contributed by atoms with van der Waals surface area (Å²) in [6, 6.07) is 7.31. The van der Waals surface area contributed by atoms with Gasteiger partial charge in [-0.2, -0.15) is 0 Å². The minimum Gasteiger partial charge on any atom is -0.480 e. The highest BCUT2D eigenvalue weighted by Gasteiger charge is 2.18. The first-order valence-corrected chi connectivity index (χ1v) is 7.60. The van der Waals surface area contributed by atoms with Gasteiger partial charge in [-0.1, -0.05) is 32.9 Å². The zero-order chi connectivity index (χ0) is 15.1. The van der Waals surface area contributed by atoms with Crippen LogP contribution in [0.5, 0.6) is 0 Å². The topological polar surface area (TPSA) is 66.4 Å². The normalized spacial score (nSPS) is 12.2. The van der Waals surface area contributed by atoms with Gasteiger partial charge in [-0.05, 0) is 24.5 Å². The van der Waals surface area contributed by atoms with Gasteiger partial charge in [0.2, 0.25) is 5.91 Å². The van der Waals surface area contributed by atoms with Crippen molar-refractivity contribution in [1.82, 2.24) is 0 Å². The van der Waals surface area contributed by atoms with Crippen LogP contribution in [0.1, 0.15) is 33.6 Å². The van der Waals surface area contributed by atoms with E-state index in [-0.39, 0.29) is 11.8 Å². The lowest BCUT2D eigenvalue weighted by Gasteiger charge is -2.14. The van der Waals surface area contributed by atoms with E-state index in [0.717, 1.165) is 4.90 Å². The summed E-state index contributed by atoms with van der Waals surface area (Å²) in [5.41, 5.74) is 0.683. The number of carboxylic acid groups (broad SMARTS) is 1. The Balaban J connectivity index is 2.82. The fourth-order valence-electron chi connectivity index (χ4n) is 1.71. The van der Waals surface area contributed by atoms with Crippen molar-refractivity contribution < 1.29 is 14.7 Å². The van der Waals surface area contributed by atoms with Crippen LogP contribution in [-0.2, 0) is 9.59 Å². The molecule has 0 spiro atoms. The van der Waals surface area contributed by atoms with Gasteiger partial charge in [0.25, 0.3) is 0 Å². The lowest BCUT2D eigenvalue weighted by molar-refractivity contribution is -0.136. The number of rotatable bonds is 7. The number of carboxylic acids is 1. The van der Waals surface area contributed by atoms with Crippen LogP contribution < -0.4 is 5.32 Å². The van der Waals surface area contributed by atoms with Gasteiger partial charge in [-0.25, -0.2) is 0 Å². The van der Waals surface area contributed by atoms with Crippen molar-refractivity contribution in [3.05, 3.63) is 24.3 Å². The van der Waals surface area contributed by atoms with Gasteiger partial charge in [0.1, 0.15) is 5.25 Å². The molecule has 2 N–H and O–H groups in total. The Morgan fingerprint density at radius 3 is 2.50 bits per heavy atom. The van der Waals surface area contributed by atoms with E-state index in [1.807, 2.05) is 39.0 Å². The van der Waals surface area contributed by atoms with E-state index in [1.165, 1.54) is 11.8 Å². The predicted molar refractivity (Wildman–Crippen MR) is 82.1 cm³/mol. The molecule has 0 radical (unpaired) electrons. The number of hydrogen-bond acceptors (Lipinski definition) is 3. The van der Waals surface area contributed by atoms with E-state index in [1.54, 1.807) is 6.07 Å². The molecule has 1 unspecified atom stereocenters. The monoisotopic (exact) mass is 295 g/mol. The first-order valence-electron chi connectivity index (χ1n) is 6.72. The number of anilines is 1. The standard InChI is InChI=1S/C15H21NO3S/c1-4-12(15(18)19)20-13-8-6-5-7-11(13)16-14(17)9-10(2)3/h5-8,10,12H,4,9H2,1-3H3,(H,16,17)(H,18,19). The van der Waals surface area contributed by atoms with Crippen molar-refractivity contribution in [3.8, 4) is 0 Å². The number of benzene rings is 1. The first kappa shape index (κ1) is 16.6. The lowest BCUT2D eigenvalue weighted by Crippen LogP contribution is -2.17. The van der Waals surface area contributed by atoms with Crippen molar-refractivity contribution in [2.24, 2.45) is 5.92 Å². The number of thioether (sulfide) groups is 1. The molecule has 110 valence electrons. The number of carbonyl (C=O) groups excluding carboxylic acids is 1. The van der Waals surface area contributed by atoms with E-state index in [9.17, 15) is 9.59 Å². The molecule has 1 amide bonds. The van der Waals surface area contributed by atoms with Crippen molar-refractivity contribution in [2.45, 2.75) is 43.8 Å². The van der Waals surface area contributed by atoms with Gasteiger partial charge in [0.15, 0.2) is 0 Å². The number of para-hydroxylation sites is 1. The molecule has 1 rings (SSSR count). The second-order valence-corrected chi connectivity index (χ2v) is 6.24. The molecule has 0 aliphatic rings. The van der Waals surface area contributed by atoms with Gasteiger partial charge in [-0.15, -0.1) is 11.8 Å². The molecule has 0 aliphatic carbocycles. The van der Waals surface area contributed by atoms with E-state index >= 15 is 0 Å². The predicted octanol–water partition coefficient (Wildman–Crippen LogP) is 3.63. The van der Waals surface area contributed by atoms with Crippen LogP contribution in [0.25, 0.3) is 0 Å². The Labute approximate surface area is 124 Å². The fraction of sp³-hybridized carbons (Fsp3) is 0.467. The zero-order valence-electron chi connectivity index (χ0n) is 12.1. The maximum Gasteiger partial charge on any atom is 0.316 e. The van der Waals surface area contributed by atoms with Crippen molar-refractivity contribution in [1.29, 1.82) is 0 Å². The molecule has 0 bridgehead atoms. The van der Waals surface area contributed by atoms with Crippen LogP contribution in [0.4, 0.5) is 5.69 Å². The first-order chi connectivity index (χ1) is 9.43. The van der Waals surface area contributed by atoms with Crippen LogP contribution in [-0.4, -0.2) is 22.2 Å². The van der Waals surface area contributed by atoms with Crippen molar-refractivity contribution >= 4 is 29.3 Å². The molecule has 0 saturated heterocycles. The molecule has 20 heavy (non-hydrogen) atoms. The van der Waals surface area contributed by atoms with E-state index in [2.05, 4.69) is 5.32 Å². The maximum absolute atomic E-state index is 11.8. The molecule has 0 aromatic heterocycles. The van der Waals surface area contributed by atoms with Crippen molar-refractivity contribution in [2.75, 3.05) is 5.32 Å². The molecule has 5 heteroatoms. The molecule has 1 aromatic rings. The average molecular weight is 295 g/mol. The molecular formula is C15H21NO3S. The van der Waals surface area contributed by atoms with Crippen molar-refractivity contribution in [3.63, 3.8) is 0 Å². The number of hydrogen-bond donors (Lipinski definition) is 2. The summed E-state index contributed by atoms with van der Waals surface area (Å²) >= 11 is 1.27. The lowest BCUT2D eigenvalue weighted by atomic mass is 10.1. The van der Waals surface area contributed by atoms with Crippen LogP contribution in [0.2, 0.25) is 0 Å². The molecule has 0 saturated carbocycles. The Morgan fingerprint density at radius 2 is 1.95 bits per heavy atom. The SMILES string of the molecule is CCC(Sc1ccccc1NC(=O)CC(C)C)C(=O)O. The zero-order valence-corrected chi connectivity index (χ0v) is 12.9. The van der Waals surface area contributed by atoms with Gasteiger partial charge >= 0.3 is 5.97 Å². The molecule has 0 aliphatic heterocycles. The molecule has 1 aromatic carbocycles. The Morgan fingerprint density at radius 1 is 1.30 bits per heavy atom. The van der Waals surface area contributed by atoms with Gasteiger partial charge < -0.3 is 10.4 Å². The summed E-state index contributed by atoms with van der Waals surface area (Å²) in [7, 11) is 0. The van der Waals surface area contributed by atoms with E-state index < -0.39 is 11.2 Å². The van der Waals surface area contributed by atoms with Crippen LogP contribution in [0.3, 0.4) is 0 Å². The average Bonchev–Trinajstić information content (AvgIpc) is 2.36. The quantitative estimate of drug-likeness (QED) is 0.754. The summed E-state index contributed by atoms with van der Waals surface area (Å²) in [6.07, 6.45) is 0.989. The summed E-state index contributed by atoms with van der Waals surface area (Å²) < 4.78 is 0. The number of carbonyl (C=O) groups is 2. The minimum absolute atomic E-state index is 0.0450. The van der Waals surface area contributed by atoms with Gasteiger partial charge in [-0.3, -0.25) is 9.59 Å². The third-order valence-electron chi connectivity index (χ3n) is 2.67. The van der Waals surface area contributed by atoms with Crippen LogP contribution >= 0.6 is 11.8 Å².